The fraction of sp³-hybridized carbons (Fsp3) is 0.310. The highest BCUT2D eigenvalue weighted by Gasteiger charge is 2.35. The molecule has 4 rings (SSSR count). The van der Waals surface area contributed by atoms with Crippen molar-refractivity contribution in [2.75, 3.05) is 21.7 Å². The van der Waals surface area contributed by atoms with Crippen LogP contribution in [-0.2, 0) is 14.4 Å². The second-order valence-corrected chi connectivity index (χ2v) is 11.3. The molecule has 1 aliphatic rings. The van der Waals surface area contributed by atoms with Crippen LogP contribution >= 0.6 is 23.1 Å². The first-order chi connectivity index (χ1) is 18.8. The van der Waals surface area contributed by atoms with E-state index in [0.29, 0.717) is 21.8 Å². The van der Waals surface area contributed by atoms with Crippen LogP contribution in [0.1, 0.15) is 53.9 Å². The molecule has 204 valence electrons. The van der Waals surface area contributed by atoms with Crippen molar-refractivity contribution in [1.82, 2.24) is 5.32 Å². The van der Waals surface area contributed by atoms with Crippen LogP contribution in [0, 0.1) is 5.82 Å². The van der Waals surface area contributed by atoms with Crippen molar-refractivity contribution in [2.45, 2.75) is 44.7 Å². The molecule has 0 unspecified atom stereocenters. The van der Waals surface area contributed by atoms with Crippen molar-refractivity contribution >= 4 is 58.0 Å². The van der Waals surface area contributed by atoms with Gasteiger partial charge in [0.2, 0.25) is 17.7 Å². The smallest absolute Gasteiger partial charge is 0.248 e. The lowest BCUT2D eigenvalue weighted by atomic mass is 10.1. The summed E-state index contributed by atoms with van der Waals surface area (Å²) in [5.41, 5.74) is 1.45. The van der Waals surface area contributed by atoms with Gasteiger partial charge in [0.1, 0.15) is 11.9 Å². The SMILES string of the molecule is CC(=O)c1ccc(N(C(=O)CSCC(=O)Nc2ccc(F)cc2)[C@H](C(=O)NC2CCCC2)c2cccs2)cc1. The topological polar surface area (TPSA) is 95.6 Å². The van der Waals surface area contributed by atoms with E-state index in [-0.39, 0.29) is 41.1 Å². The van der Waals surface area contributed by atoms with E-state index in [1.807, 2.05) is 17.5 Å². The number of rotatable bonds is 11. The Morgan fingerprint density at radius 1 is 1.00 bits per heavy atom. The molecule has 0 aliphatic heterocycles. The zero-order valence-corrected chi connectivity index (χ0v) is 23.2. The average molecular weight is 568 g/mol. The second-order valence-electron chi connectivity index (χ2n) is 9.32. The lowest BCUT2D eigenvalue weighted by Gasteiger charge is -2.31. The third-order valence-corrected chi connectivity index (χ3v) is 8.27. The van der Waals surface area contributed by atoms with E-state index < -0.39 is 11.9 Å². The Morgan fingerprint density at radius 2 is 1.69 bits per heavy atom. The number of Topliss-reactive ketones (excluding diaryl/α,β-unsaturated/α-hetero) is 1. The van der Waals surface area contributed by atoms with E-state index in [0.717, 1.165) is 37.4 Å². The van der Waals surface area contributed by atoms with Gasteiger partial charge in [0.15, 0.2) is 5.78 Å². The zero-order valence-electron chi connectivity index (χ0n) is 21.5. The Bertz CT molecular complexity index is 1290. The number of benzene rings is 2. The number of thioether (sulfide) groups is 1. The maximum Gasteiger partial charge on any atom is 0.248 e. The third kappa shape index (κ3) is 7.77. The number of carbonyl (C=O) groups excluding carboxylic acids is 4. The highest BCUT2D eigenvalue weighted by Crippen LogP contribution is 2.32. The number of amides is 3. The summed E-state index contributed by atoms with van der Waals surface area (Å²) in [5.74, 6) is -1.48. The van der Waals surface area contributed by atoms with Gasteiger partial charge < -0.3 is 10.6 Å². The number of hydrogen-bond acceptors (Lipinski definition) is 6. The van der Waals surface area contributed by atoms with Crippen LogP contribution in [0.5, 0.6) is 0 Å². The van der Waals surface area contributed by atoms with Gasteiger partial charge in [-0.25, -0.2) is 4.39 Å². The molecule has 2 N–H and O–H groups in total. The Morgan fingerprint density at radius 3 is 2.31 bits per heavy atom. The van der Waals surface area contributed by atoms with Crippen LogP contribution in [0.4, 0.5) is 15.8 Å². The molecule has 0 radical (unpaired) electrons. The Kier molecular flexibility index (Phi) is 9.89. The maximum atomic E-state index is 13.7. The summed E-state index contributed by atoms with van der Waals surface area (Å²) in [4.78, 5) is 53.8. The number of ketones is 1. The van der Waals surface area contributed by atoms with E-state index in [9.17, 15) is 23.6 Å². The highest BCUT2D eigenvalue weighted by molar-refractivity contribution is 8.00. The molecule has 1 saturated carbocycles. The van der Waals surface area contributed by atoms with Crippen LogP contribution in [0.3, 0.4) is 0 Å². The van der Waals surface area contributed by atoms with E-state index >= 15 is 0 Å². The first-order valence-corrected chi connectivity index (χ1v) is 14.8. The normalized spacial score (nSPS) is 14.0. The van der Waals surface area contributed by atoms with E-state index in [1.54, 1.807) is 24.3 Å². The molecule has 1 aromatic heterocycles. The number of hydrogen-bond donors (Lipinski definition) is 2. The summed E-state index contributed by atoms with van der Waals surface area (Å²) < 4.78 is 13.1. The molecule has 3 aromatic rings. The molecule has 7 nitrogen and oxygen atoms in total. The molecule has 3 amide bonds. The fourth-order valence-corrected chi connectivity index (χ4v) is 5.98. The summed E-state index contributed by atoms with van der Waals surface area (Å²) in [6, 6.07) is 14.9. The van der Waals surface area contributed by atoms with Gasteiger partial charge in [-0.1, -0.05) is 18.9 Å². The monoisotopic (exact) mass is 567 g/mol. The molecule has 2 aromatic carbocycles. The first kappa shape index (κ1) is 28.5. The van der Waals surface area contributed by atoms with Crippen LogP contribution < -0.4 is 15.5 Å². The van der Waals surface area contributed by atoms with E-state index in [1.165, 1.54) is 47.4 Å². The molecule has 39 heavy (non-hydrogen) atoms. The van der Waals surface area contributed by atoms with Crippen molar-refractivity contribution in [1.29, 1.82) is 0 Å². The largest absolute Gasteiger partial charge is 0.351 e. The van der Waals surface area contributed by atoms with Crippen LogP contribution in [0.15, 0.2) is 66.0 Å². The number of anilines is 2. The van der Waals surface area contributed by atoms with Crippen molar-refractivity contribution in [2.24, 2.45) is 0 Å². The number of halogens is 1. The lowest BCUT2D eigenvalue weighted by molar-refractivity contribution is -0.126. The number of nitrogens with one attached hydrogen (secondary N) is 2. The molecule has 0 spiro atoms. The molecular formula is C29H30FN3O4S2. The predicted octanol–water partition coefficient (Wildman–Crippen LogP) is 5.59. The van der Waals surface area contributed by atoms with Crippen LogP contribution in [-0.4, -0.2) is 41.1 Å². The summed E-state index contributed by atoms with van der Waals surface area (Å²) in [7, 11) is 0. The standard InChI is InChI=1S/C29H30FN3O4S2/c1-19(34)20-8-14-24(15-9-20)33(27(36)18-38-17-26(35)31-23-12-10-21(30)11-13-23)28(25-7-4-16-39-25)29(37)32-22-5-2-3-6-22/h4,7-16,22,28H,2-3,5-6,17-18H2,1H3,(H,31,35)(H,32,37)/t28-/m0/s1. The Labute approximate surface area is 235 Å². The van der Waals surface area contributed by atoms with Gasteiger partial charge in [0, 0.05) is 27.9 Å². The number of nitrogens with zero attached hydrogens (tertiary/aromatic N) is 1. The van der Waals surface area contributed by atoms with Crippen molar-refractivity contribution in [3.63, 3.8) is 0 Å². The summed E-state index contributed by atoms with van der Waals surface area (Å²) in [6.07, 6.45) is 3.92. The van der Waals surface area contributed by atoms with Gasteiger partial charge in [-0.3, -0.25) is 24.1 Å². The highest BCUT2D eigenvalue weighted by atomic mass is 32.2. The minimum Gasteiger partial charge on any atom is -0.351 e. The molecule has 1 fully saturated rings. The second kappa shape index (κ2) is 13.5. The van der Waals surface area contributed by atoms with Crippen molar-refractivity contribution in [3.05, 3.63) is 82.3 Å². The van der Waals surface area contributed by atoms with E-state index in [4.69, 9.17) is 0 Å². The van der Waals surface area contributed by atoms with Crippen molar-refractivity contribution < 1.29 is 23.6 Å². The molecule has 1 aliphatic carbocycles. The summed E-state index contributed by atoms with van der Waals surface area (Å²) in [5, 5.41) is 7.67. The van der Waals surface area contributed by atoms with Gasteiger partial charge in [-0.05, 0) is 79.7 Å². The molecule has 0 saturated heterocycles. The fourth-order valence-electron chi connectivity index (χ4n) is 4.50. The number of carbonyl (C=O) groups is 4. The minimum absolute atomic E-state index is 0.00182. The molecular weight excluding hydrogens is 537 g/mol. The van der Waals surface area contributed by atoms with Crippen LogP contribution in [0.2, 0.25) is 0 Å². The summed E-state index contributed by atoms with van der Waals surface area (Å²) >= 11 is 2.51. The average Bonchev–Trinajstić information content (AvgIpc) is 3.63. The van der Waals surface area contributed by atoms with Crippen LogP contribution in [0.25, 0.3) is 0 Å². The van der Waals surface area contributed by atoms with Gasteiger partial charge >= 0.3 is 0 Å². The predicted molar refractivity (Wildman–Crippen MR) is 154 cm³/mol. The first-order valence-electron chi connectivity index (χ1n) is 12.7. The zero-order chi connectivity index (χ0) is 27.8. The lowest BCUT2D eigenvalue weighted by Crippen LogP contribution is -2.46. The van der Waals surface area contributed by atoms with Gasteiger partial charge in [-0.15, -0.1) is 23.1 Å². The minimum atomic E-state index is -0.894. The molecule has 10 heteroatoms. The van der Waals surface area contributed by atoms with Gasteiger partial charge in [0.25, 0.3) is 0 Å². The Balaban J connectivity index is 1.53. The quantitative estimate of drug-likeness (QED) is 0.294. The summed E-state index contributed by atoms with van der Waals surface area (Å²) in [6.45, 7) is 1.47. The Hall–Kier alpha value is -3.50. The maximum absolute atomic E-state index is 13.7. The molecule has 1 atom stereocenters. The molecule has 1 heterocycles. The number of thiophene rings is 1. The van der Waals surface area contributed by atoms with Gasteiger partial charge in [-0.2, -0.15) is 0 Å². The third-order valence-electron chi connectivity index (χ3n) is 6.43. The van der Waals surface area contributed by atoms with Crippen molar-refractivity contribution in [3.8, 4) is 0 Å². The van der Waals surface area contributed by atoms with Gasteiger partial charge in [0.05, 0.1) is 11.5 Å². The van der Waals surface area contributed by atoms with E-state index in [2.05, 4.69) is 10.6 Å². The molecule has 0 bridgehead atoms.